The second-order valence-corrected chi connectivity index (χ2v) is 6.31. The zero-order valence-electron chi connectivity index (χ0n) is 11.9. The maximum absolute atomic E-state index is 11.9. The summed E-state index contributed by atoms with van der Waals surface area (Å²) in [6.45, 7) is 0. The maximum atomic E-state index is 11.9. The van der Waals surface area contributed by atoms with Crippen molar-refractivity contribution in [2.45, 2.75) is 4.90 Å². The number of benzene rings is 2. The van der Waals surface area contributed by atoms with Crippen LogP contribution in [0.3, 0.4) is 0 Å². The molecule has 2 aromatic carbocycles. The molecule has 0 saturated carbocycles. The van der Waals surface area contributed by atoms with Gasteiger partial charge in [0.25, 0.3) is 10.0 Å². The molecule has 0 fully saturated rings. The average Bonchev–Trinajstić information content (AvgIpc) is 2.48. The molecule has 0 radical (unpaired) electrons. The lowest BCUT2D eigenvalue weighted by molar-refractivity contribution is 0.584. The third-order valence-corrected chi connectivity index (χ3v) is 4.09. The Balaban J connectivity index is 2.05. The number of sulfonamides is 1. The summed E-state index contributed by atoms with van der Waals surface area (Å²) in [7, 11) is 0.303. The molecular formula is C15H17N3O2S. The first-order valence-corrected chi connectivity index (χ1v) is 7.85. The van der Waals surface area contributed by atoms with E-state index >= 15 is 0 Å². The predicted molar refractivity (Wildman–Crippen MR) is 85.1 cm³/mol. The van der Waals surface area contributed by atoms with Crippen molar-refractivity contribution in [2.24, 2.45) is 5.10 Å². The van der Waals surface area contributed by atoms with Gasteiger partial charge in [-0.05, 0) is 29.8 Å². The fraction of sp³-hybridized carbons (Fsp3) is 0.133. The van der Waals surface area contributed by atoms with E-state index in [2.05, 4.69) is 9.93 Å². The van der Waals surface area contributed by atoms with E-state index < -0.39 is 10.0 Å². The third-order valence-electron chi connectivity index (χ3n) is 2.85. The van der Waals surface area contributed by atoms with Gasteiger partial charge in [-0.25, -0.2) is 4.83 Å². The molecule has 0 unspecified atom stereocenters. The Morgan fingerprint density at radius 2 is 1.62 bits per heavy atom. The summed E-state index contributed by atoms with van der Waals surface area (Å²) in [6.07, 6.45) is 1.47. The number of nitrogens with one attached hydrogen (secondary N) is 1. The lowest BCUT2D eigenvalue weighted by atomic mass is 10.2. The minimum Gasteiger partial charge on any atom is -0.378 e. The topological polar surface area (TPSA) is 61.8 Å². The normalized spacial score (nSPS) is 11.5. The van der Waals surface area contributed by atoms with Gasteiger partial charge in [0.2, 0.25) is 0 Å². The summed E-state index contributed by atoms with van der Waals surface area (Å²) in [5.74, 6) is 0. The maximum Gasteiger partial charge on any atom is 0.276 e. The van der Waals surface area contributed by atoms with Crippen LogP contribution in [-0.2, 0) is 10.0 Å². The van der Waals surface area contributed by atoms with Gasteiger partial charge in [0.05, 0.1) is 11.1 Å². The van der Waals surface area contributed by atoms with Crippen LogP contribution in [0.5, 0.6) is 0 Å². The van der Waals surface area contributed by atoms with E-state index in [1.807, 2.05) is 43.3 Å². The van der Waals surface area contributed by atoms with Gasteiger partial charge < -0.3 is 4.90 Å². The van der Waals surface area contributed by atoms with Crippen LogP contribution in [0, 0.1) is 0 Å². The second kappa shape index (κ2) is 6.41. The molecule has 0 amide bonds. The van der Waals surface area contributed by atoms with Crippen molar-refractivity contribution in [1.82, 2.24) is 4.83 Å². The van der Waals surface area contributed by atoms with E-state index in [4.69, 9.17) is 0 Å². The van der Waals surface area contributed by atoms with Crippen LogP contribution in [0.25, 0.3) is 0 Å². The Morgan fingerprint density at radius 3 is 2.19 bits per heavy atom. The molecule has 6 heteroatoms. The number of anilines is 1. The summed E-state index contributed by atoms with van der Waals surface area (Å²) >= 11 is 0. The van der Waals surface area contributed by atoms with E-state index in [1.165, 1.54) is 18.3 Å². The molecule has 2 aromatic rings. The molecule has 0 aliphatic carbocycles. The predicted octanol–water partition coefficient (Wildman–Crippen LogP) is 2.07. The van der Waals surface area contributed by atoms with Crippen LogP contribution in [0.1, 0.15) is 5.56 Å². The monoisotopic (exact) mass is 303 g/mol. The molecular weight excluding hydrogens is 286 g/mol. The molecule has 0 atom stereocenters. The molecule has 0 heterocycles. The molecule has 0 spiro atoms. The Hall–Kier alpha value is -2.34. The van der Waals surface area contributed by atoms with Crippen LogP contribution in [0.15, 0.2) is 64.6 Å². The zero-order chi connectivity index (χ0) is 15.3. The van der Waals surface area contributed by atoms with Crippen LogP contribution < -0.4 is 9.73 Å². The van der Waals surface area contributed by atoms with Gasteiger partial charge in [-0.15, -0.1) is 0 Å². The van der Waals surface area contributed by atoms with Crippen molar-refractivity contribution in [2.75, 3.05) is 19.0 Å². The van der Waals surface area contributed by atoms with Gasteiger partial charge in [0, 0.05) is 19.8 Å². The molecule has 1 N–H and O–H groups in total. The fourth-order valence-corrected chi connectivity index (χ4v) is 2.49. The lowest BCUT2D eigenvalue weighted by Gasteiger charge is -2.11. The number of hydrogen-bond acceptors (Lipinski definition) is 4. The van der Waals surface area contributed by atoms with E-state index in [1.54, 1.807) is 18.2 Å². The molecule has 0 aliphatic heterocycles. The minimum atomic E-state index is -3.61. The van der Waals surface area contributed by atoms with Crippen molar-refractivity contribution in [3.05, 3.63) is 60.2 Å². The molecule has 2 rings (SSSR count). The highest BCUT2D eigenvalue weighted by Gasteiger charge is 2.10. The Labute approximate surface area is 125 Å². The summed E-state index contributed by atoms with van der Waals surface area (Å²) in [5.41, 5.74) is 1.88. The molecule has 0 aliphatic rings. The summed E-state index contributed by atoms with van der Waals surface area (Å²) in [4.78, 5) is 4.36. The quantitative estimate of drug-likeness (QED) is 0.679. The van der Waals surface area contributed by atoms with Gasteiger partial charge in [-0.1, -0.05) is 30.3 Å². The van der Waals surface area contributed by atoms with Crippen molar-refractivity contribution < 1.29 is 8.42 Å². The highest BCUT2D eigenvalue weighted by atomic mass is 32.2. The first-order chi connectivity index (χ1) is 9.99. The standard InChI is InChI=1S/C15H17N3O2S/c1-18(2)14-10-8-13(9-11-14)12-16-17-21(19,20)15-6-4-3-5-7-15/h3-12,17H,1-2H3/b16-12+. The number of rotatable bonds is 5. The Morgan fingerprint density at radius 1 is 1.00 bits per heavy atom. The van der Waals surface area contributed by atoms with E-state index in [0.717, 1.165) is 11.3 Å². The summed E-state index contributed by atoms with van der Waals surface area (Å²) < 4.78 is 23.9. The Kier molecular flexibility index (Phi) is 4.59. The lowest BCUT2D eigenvalue weighted by Crippen LogP contribution is -2.18. The number of hydrazone groups is 1. The van der Waals surface area contributed by atoms with E-state index in [-0.39, 0.29) is 4.90 Å². The molecule has 5 nitrogen and oxygen atoms in total. The highest BCUT2D eigenvalue weighted by Crippen LogP contribution is 2.11. The van der Waals surface area contributed by atoms with Crippen LogP contribution in [0.2, 0.25) is 0 Å². The van der Waals surface area contributed by atoms with E-state index in [0.29, 0.717) is 0 Å². The van der Waals surface area contributed by atoms with Gasteiger partial charge >= 0.3 is 0 Å². The van der Waals surface area contributed by atoms with Crippen molar-refractivity contribution in [1.29, 1.82) is 0 Å². The first-order valence-electron chi connectivity index (χ1n) is 6.36. The summed E-state index contributed by atoms with van der Waals surface area (Å²) in [6, 6.07) is 15.7. The van der Waals surface area contributed by atoms with Crippen molar-refractivity contribution >= 4 is 21.9 Å². The first kappa shape index (κ1) is 15.1. The number of nitrogens with zero attached hydrogens (tertiary/aromatic N) is 2. The van der Waals surface area contributed by atoms with Crippen molar-refractivity contribution in [3.8, 4) is 0 Å². The van der Waals surface area contributed by atoms with Crippen LogP contribution >= 0.6 is 0 Å². The van der Waals surface area contributed by atoms with Gasteiger partial charge in [0.15, 0.2) is 0 Å². The SMILES string of the molecule is CN(C)c1ccc(/C=N/NS(=O)(=O)c2ccccc2)cc1. The minimum absolute atomic E-state index is 0.185. The largest absolute Gasteiger partial charge is 0.378 e. The smallest absolute Gasteiger partial charge is 0.276 e. The van der Waals surface area contributed by atoms with Crippen molar-refractivity contribution in [3.63, 3.8) is 0 Å². The van der Waals surface area contributed by atoms with Gasteiger partial charge in [-0.2, -0.15) is 13.5 Å². The third kappa shape index (κ3) is 4.06. The van der Waals surface area contributed by atoms with Gasteiger partial charge in [0.1, 0.15) is 0 Å². The molecule has 110 valence electrons. The average molecular weight is 303 g/mol. The van der Waals surface area contributed by atoms with Crippen LogP contribution in [-0.4, -0.2) is 28.7 Å². The molecule has 0 aromatic heterocycles. The highest BCUT2D eigenvalue weighted by molar-refractivity contribution is 7.89. The van der Waals surface area contributed by atoms with Crippen LogP contribution in [0.4, 0.5) is 5.69 Å². The Bertz CT molecular complexity index is 708. The molecule has 21 heavy (non-hydrogen) atoms. The van der Waals surface area contributed by atoms with E-state index in [9.17, 15) is 8.42 Å². The molecule has 0 saturated heterocycles. The fourth-order valence-electron chi connectivity index (χ4n) is 1.68. The zero-order valence-corrected chi connectivity index (χ0v) is 12.7. The molecule has 0 bridgehead atoms. The van der Waals surface area contributed by atoms with Gasteiger partial charge in [-0.3, -0.25) is 0 Å². The summed E-state index contributed by atoms with van der Waals surface area (Å²) in [5, 5.41) is 3.79. The number of hydrogen-bond donors (Lipinski definition) is 1. The second-order valence-electron chi connectivity index (χ2n) is 4.65.